The third kappa shape index (κ3) is 6.59. The lowest BCUT2D eigenvalue weighted by molar-refractivity contribution is -0.137. The van der Waals surface area contributed by atoms with Crippen molar-refractivity contribution >= 4 is 0 Å². The summed E-state index contributed by atoms with van der Waals surface area (Å²) in [7, 11) is 0. The van der Waals surface area contributed by atoms with E-state index in [4.69, 9.17) is 4.74 Å². The lowest BCUT2D eigenvalue weighted by Gasteiger charge is -2.10. The van der Waals surface area contributed by atoms with Crippen molar-refractivity contribution in [1.82, 2.24) is 5.32 Å². The minimum absolute atomic E-state index is 0.214. The monoisotopic (exact) mass is 275 g/mol. The molecule has 5 heteroatoms. The van der Waals surface area contributed by atoms with Gasteiger partial charge in [-0.25, -0.2) is 0 Å². The van der Waals surface area contributed by atoms with Crippen LogP contribution in [0.3, 0.4) is 0 Å². The fourth-order valence-corrected chi connectivity index (χ4v) is 1.59. The van der Waals surface area contributed by atoms with Crippen molar-refractivity contribution in [2.45, 2.75) is 39.1 Å². The lowest BCUT2D eigenvalue weighted by atomic mass is 10.1. The Morgan fingerprint density at radius 1 is 1.26 bits per heavy atom. The number of benzene rings is 1. The van der Waals surface area contributed by atoms with Crippen LogP contribution in [0.15, 0.2) is 24.3 Å². The molecular formula is C14H20F3NO. The first kappa shape index (κ1) is 16.0. The van der Waals surface area contributed by atoms with Gasteiger partial charge in [0.1, 0.15) is 0 Å². The standard InChI is InChI=1S/C14H20F3NO/c1-11(2)18-7-4-8-19-10-12-5-3-6-13(9-12)14(15,16)17/h3,5-6,9,11,18H,4,7-8,10H2,1-2H3. The lowest BCUT2D eigenvalue weighted by Crippen LogP contribution is -2.24. The van der Waals surface area contributed by atoms with E-state index in [1.807, 2.05) is 0 Å². The highest BCUT2D eigenvalue weighted by molar-refractivity contribution is 5.25. The molecule has 0 aliphatic rings. The first-order valence-electron chi connectivity index (χ1n) is 6.37. The average molecular weight is 275 g/mol. The Balaban J connectivity index is 2.30. The van der Waals surface area contributed by atoms with Crippen LogP contribution in [0.1, 0.15) is 31.4 Å². The topological polar surface area (TPSA) is 21.3 Å². The SMILES string of the molecule is CC(C)NCCCOCc1cccc(C(F)(F)F)c1. The summed E-state index contributed by atoms with van der Waals surface area (Å²) in [6, 6.07) is 5.68. The van der Waals surface area contributed by atoms with Gasteiger partial charge in [0.05, 0.1) is 12.2 Å². The second-order valence-electron chi connectivity index (χ2n) is 4.71. The smallest absolute Gasteiger partial charge is 0.377 e. The van der Waals surface area contributed by atoms with Crippen molar-refractivity contribution in [3.05, 3.63) is 35.4 Å². The summed E-state index contributed by atoms with van der Waals surface area (Å²) in [5.74, 6) is 0. The molecule has 0 saturated heterocycles. The molecule has 1 aromatic carbocycles. The van der Waals surface area contributed by atoms with Crippen LogP contribution in [-0.4, -0.2) is 19.2 Å². The molecule has 0 aliphatic heterocycles. The number of nitrogens with one attached hydrogen (secondary N) is 1. The highest BCUT2D eigenvalue weighted by Crippen LogP contribution is 2.29. The van der Waals surface area contributed by atoms with E-state index in [-0.39, 0.29) is 6.61 Å². The van der Waals surface area contributed by atoms with Crippen LogP contribution in [-0.2, 0) is 17.5 Å². The second kappa shape index (κ2) is 7.50. The summed E-state index contributed by atoms with van der Waals surface area (Å²) < 4.78 is 42.8. The van der Waals surface area contributed by atoms with Crippen molar-refractivity contribution in [1.29, 1.82) is 0 Å². The molecule has 2 nitrogen and oxygen atoms in total. The maximum atomic E-state index is 12.5. The molecule has 1 rings (SSSR count). The number of hydrogen-bond donors (Lipinski definition) is 1. The molecule has 1 aromatic rings. The van der Waals surface area contributed by atoms with Crippen LogP contribution < -0.4 is 5.32 Å². The third-order valence-corrected chi connectivity index (χ3v) is 2.54. The van der Waals surface area contributed by atoms with Gasteiger partial charge in [0.2, 0.25) is 0 Å². The predicted octanol–water partition coefficient (Wildman–Crippen LogP) is 3.61. The van der Waals surface area contributed by atoms with Gasteiger partial charge in [-0.2, -0.15) is 13.2 Å². The highest BCUT2D eigenvalue weighted by Gasteiger charge is 2.30. The molecule has 0 unspecified atom stereocenters. The zero-order valence-electron chi connectivity index (χ0n) is 11.3. The summed E-state index contributed by atoms with van der Waals surface area (Å²) in [5.41, 5.74) is -0.0817. The minimum Gasteiger partial charge on any atom is -0.377 e. The molecule has 0 saturated carbocycles. The molecule has 0 aliphatic carbocycles. The normalized spacial score (nSPS) is 12.1. The summed E-state index contributed by atoms with van der Waals surface area (Å²) in [5, 5.41) is 3.24. The van der Waals surface area contributed by atoms with Crippen LogP contribution in [0.4, 0.5) is 13.2 Å². The van der Waals surface area contributed by atoms with E-state index >= 15 is 0 Å². The molecule has 1 N–H and O–H groups in total. The Bertz CT molecular complexity index is 377. The largest absolute Gasteiger partial charge is 0.416 e. The van der Waals surface area contributed by atoms with Gasteiger partial charge in [0.15, 0.2) is 0 Å². The van der Waals surface area contributed by atoms with E-state index in [2.05, 4.69) is 19.2 Å². The zero-order chi connectivity index (χ0) is 14.3. The number of alkyl halides is 3. The van der Waals surface area contributed by atoms with E-state index in [1.165, 1.54) is 6.07 Å². The molecule has 108 valence electrons. The van der Waals surface area contributed by atoms with Gasteiger partial charge in [0, 0.05) is 12.6 Å². The first-order valence-corrected chi connectivity index (χ1v) is 6.37. The van der Waals surface area contributed by atoms with Gasteiger partial charge in [-0.05, 0) is 30.7 Å². The van der Waals surface area contributed by atoms with Crippen molar-refractivity contribution < 1.29 is 17.9 Å². The molecule has 0 amide bonds. The maximum absolute atomic E-state index is 12.5. The van der Waals surface area contributed by atoms with E-state index in [9.17, 15) is 13.2 Å². The second-order valence-corrected chi connectivity index (χ2v) is 4.71. The maximum Gasteiger partial charge on any atom is 0.416 e. The van der Waals surface area contributed by atoms with Gasteiger partial charge in [-0.3, -0.25) is 0 Å². The van der Waals surface area contributed by atoms with Gasteiger partial charge >= 0.3 is 6.18 Å². The number of ether oxygens (including phenoxy) is 1. The van der Waals surface area contributed by atoms with Crippen LogP contribution in [0.25, 0.3) is 0 Å². The fourth-order valence-electron chi connectivity index (χ4n) is 1.59. The molecule has 0 aromatic heterocycles. The van der Waals surface area contributed by atoms with Crippen LogP contribution in [0, 0.1) is 0 Å². The molecule has 0 spiro atoms. The Morgan fingerprint density at radius 3 is 2.63 bits per heavy atom. The molecule has 0 bridgehead atoms. The highest BCUT2D eigenvalue weighted by atomic mass is 19.4. The van der Waals surface area contributed by atoms with E-state index in [1.54, 1.807) is 6.07 Å². The fraction of sp³-hybridized carbons (Fsp3) is 0.571. The third-order valence-electron chi connectivity index (χ3n) is 2.54. The Kier molecular flexibility index (Phi) is 6.31. The number of rotatable bonds is 7. The Hall–Kier alpha value is -1.07. The van der Waals surface area contributed by atoms with Gasteiger partial charge in [-0.15, -0.1) is 0 Å². The van der Waals surface area contributed by atoms with E-state index in [0.29, 0.717) is 18.2 Å². The number of hydrogen-bond acceptors (Lipinski definition) is 2. The molecule has 0 heterocycles. The van der Waals surface area contributed by atoms with Crippen LogP contribution in [0.5, 0.6) is 0 Å². The number of halogens is 3. The molecule has 0 radical (unpaired) electrons. The molecular weight excluding hydrogens is 255 g/mol. The van der Waals surface area contributed by atoms with Crippen molar-refractivity contribution in [2.75, 3.05) is 13.2 Å². The van der Waals surface area contributed by atoms with E-state index in [0.717, 1.165) is 25.1 Å². The average Bonchev–Trinajstić information content (AvgIpc) is 2.32. The first-order chi connectivity index (χ1) is 8.89. The van der Waals surface area contributed by atoms with Gasteiger partial charge in [-0.1, -0.05) is 26.0 Å². The van der Waals surface area contributed by atoms with Crippen LogP contribution >= 0.6 is 0 Å². The summed E-state index contributed by atoms with van der Waals surface area (Å²) >= 11 is 0. The quantitative estimate of drug-likeness (QED) is 0.768. The van der Waals surface area contributed by atoms with Crippen molar-refractivity contribution in [3.8, 4) is 0 Å². The van der Waals surface area contributed by atoms with Gasteiger partial charge < -0.3 is 10.1 Å². The van der Waals surface area contributed by atoms with Crippen LogP contribution in [0.2, 0.25) is 0 Å². The Labute approximate surface area is 112 Å². The van der Waals surface area contributed by atoms with E-state index < -0.39 is 11.7 Å². The summed E-state index contributed by atoms with van der Waals surface area (Å²) in [6.07, 6.45) is -3.45. The Morgan fingerprint density at radius 2 is 2.00 bits per heavy atom. The predicted molar refractivity (Wildman–Crippen MR) is 68.9 cm³/mol. The van der Waals surface area contributed by atoms with Crippen molar-refractivity contribution in [2.24, 2.45) is 0 Å². The summed E-state index contributed by atoms with van der Waals surface area (Å²) in [4.78, 5) is 0. The minimum atomic E-state index is -4.29. The molecule has 19 heavy (non-hydrogen) atoms. The van der Waals surface area contributed by atoms with Gasteiger partial charge in [0.25, 0.3) is 0 Å². The zero-order valence-corrected chi connectivity index (χ0v) is 11.3. The molecule has 0 fully saturated rings. The van der Waals surface area contributed by atoms with Crippen molar-refractivity contribution in [3.63, 3.8) is 0 Å². The summed E-state index contributed by atoms with van der Waals surface area (Å²) in [6.45, 7) is 5.72. The molecule has 0 atom stereocenters.